The van der Waals surface area contributed by atoms with Gasteiger partial charge < -0.3 is 20.5 Å². The fourth-order valence-corrected chi connectivity index (χ4v) is 1.37. The summed E-state index contributed by atoms with van der Waals surface area (Å²) in [4.78, 5) is 34.1. The van der Waals surface area contributed by atoms with E-state index < -0.39 is 17.8 Å². The molecule has 21 heavy (non-hydrogen) atoms. The molecule has 0 atom stereocenters. The highest BCUT2D eigenvalue weighted by Gasteiger charge is 2.09. The van der Waals surface area contributed by atoms with Crippen molar-refractivity contribution in [1.29, 1.82) is 0 Å². The van der Waals surface area contributed by atoms with Gasteiger partial charge in [0.2, 0.25) is 0 Å². The van der Waals surface area contributed by atoms with E-state index in [9.17, 15) is 19.5 Å². The topological polar surface area (TPSA) is 98.3 Å². The lowest BCUT2D eigenvalue weighted by atomic mass is 10.1. The van der Waals surface area contributed by atoms with Crippen molar-refractivity contribution in [2.75, 3.05) is 10.6 Å². The fourth-order valence-electron chi connectivity index (χ4n) is 1.37. The number of anilines is 2. The van der Waals surface area contributed by atoms with Gasteiger partial charge in [-0.15, -0.1) is 0 Å². The van der Waals surface area contributed by atoms with Gasteiger partial charge in [0.25, 0.3) is 11.8 Å². The Labute approximate surface area is 122 Å². The van der Waals surface area contributed by atoms with Gasteiger partial charge in [0, 0.05) is 28.1 Å². The number of hydrogen-bond donors (Lipinski definition) is 2. The van der Waals surface area contributed by atoms with Crippen molar-refractivity contribution in [2.24, 2.45) is 0 Å². The van der Waals surface area contributed by atoms with Crippen LogP contribution in [-0.4, -0.2) is 17.8 Å². The average molecular weight is 287 g/mol. The standard InChI is InChI=1S/C15H16N2O4/c1-8(2)13(18)16-11-5-10(15(20)21)6-12(7-11)17-14(19)9(3)4/h5-7H,1,3H2,2,4H3,(H,16,18)(H,17,19)(H,20,21)/p-1. The molecule has 1 rings (SSSR count). The summed E-state index contributed by atoms with van der Waals surface area (Å²) >= 11 is 0. The minimum absolute atomic E-state index is 0.175. The van der Waals surface area contributed by atoms with Crippen LogP contribution in [0, 0.1) is 0 Å². The van der Waals surface area contributed by atoms with Crippen molar-refractivity contribution in [1.82, 2.24) is 0 Å². The number of aromatic carboxylic acids is 1. The molecule has 110 valence electrons. The molecule has 0 aliphatic carbocycles. The highest BCUT2D eigenvalue weighted by Crippen LogP contribution is 2.20. The molecular formula is C15H15N2O4-. The largest absolute Gasteiger partial charge is 0.545 e. The van der Waals surface area contributed by atoms with Crippen molar-refractivity contribution < 1.29 is 19.5 Å². The molecule has 0 bridgehead atoms. The second-order valence-electron chi connectivity index (χ2n) is 4.56. The van der Waals surface area contributed by atoms with E-state index in [-0.39, 0.29) is 28.1 Å². The Morgan fingerprint density at radius 1 is 0.905 bits per heavy atom. The Hall–Kier alpha value is -2.89. The Balaban J connectivity index is 3.14. The van der Waals surface area contributed by atoms with Crippen LogP contribution >= 0.6 is 0 Å². The lowest BCUT2D eigenvalue weighted by Crippen LogP contribution is -2.23. The summed E-state index contributed by atoms with van der Waals surface area (Å²) in [6, 6.07) is 3.88. The quantitative estimate of drug-likeness (QED) is 0.792. The van der Waals surface area contributed by atoms with Crippen molar-refractivity contribution in [3.8, 4) is 0 Å². The van der Waals surface area contributed by atoms with Crippen molar-refractivity contribution >= 4 is 29.2 Å². The zero-order valence-electron chi connectivity index (χ0n) is 11.8. The minimum atomic E-state index is -1.42. The third-order valence-electron chi connectivity index (χ3n) is 2.46. The maximum absolute atomic E-state index is 11.6. The zero-order chi connectivity index (χ0) is 16.2. The van der Waals surface area contributed by atoms with Crippen molar-refractivity contribution in [2.45, 2.75) is 13.8 Å². The van der Waals surface area contributed by atoms with Crippen LogP contribution < -0.4 is 15.7 Å². The summed E-state index contributed by atoms with van der Waals surface area (Å²) in [7, 11) is 0. The monoisotopic (exact) mass is 287 g/mol. The molecule has 6 heteroatoms. The van der Waals surface area contributed by atoms with Crippen molar-refractivity contribution in [3.63, 3.8) is 0 Å². The third kappa shape index (κ3) is 4.61. The number of amides is 2. The smallest absolute Gasteiger partial charge is 0.250 e. The summed E-state index contributed by atoms with van der Waals surface area (Å²) in [5, 5.41) is 15.9. The molecule has 0 saturated heterocycles. The first-order chi connectivity index (χ1) is 9.70. The highest BCUT2D eigenvalue weighted by atomic mass is 16.4. The number of carbonyl (C=O) groups is 3. The normalized spacial score (nSPS) is 9.62. The van der Waals surface area contributed by atoms with E-state index in [1.54, 1.807) is 0 Å². The van der Waals surface area contributed by atoms with Gasteiger partial charge in [0.05, 0.1) is 5.97 Å². The first-order valence-corrected chi connectivity index (χ1v) is 6.01. The summed E-state index contributed by atoms with van der Waals surface area (Å²) < 4.78 is 0. The maximum atomic E-state index is 11.6. The van der Waals surface area contributed by atoms with Gasteiger partial charge in [-0.1, -0.05) is 13.2 Å². The van der Waals surface area contributed by atoms with E-state index in [4.69, 9.17) is 0 Å². The highest BCUT2D eigenvalue weighted by molar-refractivity contribution is 6.06. The molecule has 2 N–H and O–H groups in total. The van der Waals surface area contributed by atoms with Crippen LogP contribution in [0.5, 0.6) is 0 Å². The molecule has 0 aromatic heterocycles. The molecule has 0 heterocycles. The second-order valence-corrected chi connectivity index (χ2v) is 4.56. The molecule has 0 spiro atoms. The molecule has 1 aromatic carbocycles. The molecule has 0 saturated carbocycles. The summed E-state index contributed by atoms with van der Waals surface area (Å²) in [6.45, 7) is 9.99. The molecule has 0 unspecified atom stereocenters. The third-order valence-corrected chi connectivity index (χ3v) is 2.46. The van der Waals surface area contributed by atoms with E-state index in [2.05, 4.69) is 23.8 Å². The first kappa shape index (κ1) is 16.2. The predicted molar refractivity (Wildman–Crippen MR) is 77.7 cm³/mol. The molecule has 6 nitrogen and oxygen atoms in total. The summed E-state index contributed by atoms with van der Waals surface area (Å²) in [6.07, 6.45) is 0. The first-order valence-electron chi connectivity index (χ1n) is 6.01. The lowest BCUT2D eigenvalue weighted by Gasteiger charge is -2.12. The Bertz CT molecular complexity index is 601. The van der Waals surface area contributed by atoms with Gasteiger partial charge in [-0.25, -0.2) is 0 Å². The zero-order valence-corrected chi connectivity index (χ0v) is 11.8. The SMILES string of the molecule is C=C(C)C(=O)Nc1cc(NC(=O)C(=C)C)cc(C(=O)[O-])c1. The molecule has 0 aliphatic rings. The molecule has 2 amide bonds. The van der Waals surface area contributed by atoms with Crippen LogP contribution in [-0.2, 0) is 9.59 Å². The number of carboxylic acid groups (broad SMARTS) is 1. The second kappa shape index (κ2) is 6.51. The molecule has 0 fully saturated rings. The number of benzene rings is 1. The van der Waals surface area contributed by atoms with Gasteiger partial charge in [0.15, 0.2) is 0 Å². The van der Waals surface area contributed by atoms with Gasteiger partial charge in [-0.3, -0.25) is 9.59 Å². The van der Waals surface area contributed by atoms with Crippen molar-refractivity contribution in [3.05, 3.63) is 48.1 Å². The van der Waals surface area contributed by atoms with E-state index in [0.717, 1.165) is 0 Å². The Kier molecular flexibility index (Phi) is 5.01. The number of nitrogens with one attached hydrogen (secondary N) is 2. The molecule has 1 aromatic rings. The van der Waals surface area contributed by atoms with Gasteiger partial charge in [-0.05, 0) is 32.0 Å². The fraction of sp³-hybridized carbons (Fsp3) is 0.133. The minimum Gasteiger partial charge on any atom is -0.545 e. The number of rotatable bonds is 5. The van der Waals surface area contributed by atoms with E-state index >= 15 is 0 Å². The average Bonchev–Trinajstić information content (AvgIpc) is 2.37. The van der Waals surface area contributed by atoms with Crippen LogP contribution in [0.1, 0.15) is 24.2 Å². The Morgan fingerprint density at radius 2 is 1.29 bits per heavy atom. The van der Waals surface area contributed by atoms with E-state index in [1.807, 2.05) is 0 Å². The molecule has 0 radical (unpaired) electrons. The maximum Gasteiger partial charge on any atom is 0.250 e. The van der Waals surface area contributed by atoms with Crippen LogP contribution in [0.4, 0.5) is 11.4 Å². The Morgan fingerprint density at radius 3 is 1.57 bits per heavy atom. The number of carboxylic acids is 1. The number of carbonyl (C=O) groups excluding carboxylic acids is 3. The van der Waals surface area contributed by atoms with Crippen LogP contribution in [0.15, 0.2) is 42.5 Å². The number of hydrogen-bond acceptors (Lipinski definition) is 4. The summed E-state index contributed by atoms with van der Waals surface area (Å²) in [5.74, 6) is -2.34. The van der Waals surface area contributed by atoms with Gasteiger partial charge in [0.1, 0.15) is 0 Å². The summed E-state index contributed by atoms with van der Waals surface area (Å²) in [5.41, 5.74) is 0.776. The molecular weight excluding hydrogens is 272 g/mol. The van der Waals surface area contributed by atoms with E-state index in [0.29, 0.717) is 0 Å². The van der Waals surface area contributed by atoms with E-state index in [1.165, 1.54) is 32.0 Å². The van der Waals surface area contributed by atoms with Crippen LogP contribution in [0.3, 0.4) is 0 Å². The predicted octanol–water partition coefficient (Wildman–Crippen LogP) is 1.08. The van der Waals surface area contributed by atoms with Crippen LogP contribution in [0.2, 0.25) is 0 Å². The van der Waals surface area contributed by atoms with Gasteiger partial charge >= 0.3 is 0 Å². The van der Waals surface area contributed by atoms with Gasteiger partial charge in [-0.2, -0.15) is 0 Å². The van der Waals surface area contributed by atoms with Crippen LogP contribution in [0.25, 0.3) is 0 Å². The lowest BCUT2D eigenvalue weighted by molar-refractivity contribution is -0.255. The molecule has 0 aliphatic heterocycles.